The molecular weight excluding hydrogens is 210 g/mol. The second-order valence-electron chi connectivity index (χ2n) is 4.61. The van der Waals surface area contributed by atoms with Gasteiger partial charge in [-0.05, 0) is 33.6 Å². The van der Waals surface area contributed by atoms with Crippen LogP contribution in [0.5, 0.6) is 0 Å². The Morgan fingerprint density at radius 2 is 2.19 bits per heavy atom. The number of nitrogens with one attached hydrogen (secondary N) is 1. The molecule has 4 N–H and O–H groups in total. The third kappa shape index (κ3) is 2.85. The zero-order valence-corrected chi connectivity index (χ0v) is 9.86. The minimum absolute atomic E-state index is 0.0353. The molecule has 1 heterocycles. The summed E-state index contributed by atoms with van der Waals surface area (Å²) in [6.45, 7) is 5.26. The number of amides is 1. The number of hydrogen-bond acceptors (Lipinski definition) is 4. The Morgan fingerprint density at radius 1 is 1.56 bits per heavy atom. The number of amidine groups is 1. The maximum Gasteiger partial charge on any atom is 0.249 e. The fraction of sp³-hybridized carbons (Fsp3) is 0.800. The van der Waals surface area contributed by atoms with E-state index in [2.05, 4.69) is 10.5 Å². The first-order valence-electron chi connectivity index (χ1n) is 5.32. The highest BCUT2D eigenvalue weighted by Gasteiger charge is 2.33. The summed E-state index contributed by atoms with van der Waals surface area (Å²) in [5, 5.41) is 14.2. The van der Waals surface area contributed by atoms with Crippen LogP contribution in [0, 0.1) is 0 Å². The van der Waals surface area contributed by atoms with Crippen molar-refractivity contribution in [2.24, 2.45) is 10.9 Å². The molecule has 16 heavy (non-hydrogen) atoms. The largest absolute Gasteiger partial charge is 0.409 e. The zero-order chi connectivity index (χ0) is 12.3. The number of hydrogen-bond donors (Lipinski definition) is 3. The molecular formula is C10H19N3O3. The normalized spacial score (nSPS) is 26.8. The molecule has 0 spiro atoms. The molecule has 6 nitrogen and oxygen atoms in total. The van der Waals surface area contributed by atoms with Crippen LogP contribution in [0.15, 0.2) is 5.16 Å². The number of rotatable bonds is 3. The Balaban J connectivity index is 2.57. The van der Waals surface area contributed by atoms with Gasteiger partial charge in [-0.25, -0.2) is 0 Å². The van der Waals surface area contributed by atoms with E-state index in [0.717, 1.165) is 6.42 Å². The third-order valence-corrected chi connectivity index (χ3v) is 2.71. The van der Waals surface area contributed by atoms with Crippen molar-refractivity contribution in [1.29, 1.82) is 0 Å². The molecule has 92 valence electrons. The molecule has 1 amide bonds. The van der Waals surface area contributed by atoms with Crippen LogP contribution in [-0.4, -0.2) is 34.7 Å². The van der Waals surface area contributed by atoms with Gasteiger partial charge in [0.2, 0.25) is 5.91 Å². The van der Waals surface area contributed by atoms with Crippen LogP contribution in [0.3, 0.4) is 0 Å². The van der Waals surface area contributed by atoms with Gasteiger partial charge in [0.05, 0.1) is 11.6 Å². The minimum atomic E-state index is -0.874. The van der Waals surface area contributed by atoms with Gasteiger partial charge >= 0.3 is 0 Å². The number of ether oxygens (including phenoxy) is 1. The fourth-order valence-electron chi connectivity index (χ4n) is 1.57. The third-order valence-electron chi connectivity index (χ3n) is 2.71. The van der Waals surface area contributed by atoms with E-state index in [-0.39, 0.29) is 17.8 Å². The number of nitrogens with two attached hydrogens (primary N) is 1. The molecule has 1 aliphatic heterocycles. The molecule has 1 aliphatic rings. The number of carbonyl (C=O) groups excluding carboxylic acids is 1. The predicted molar refractivity (Wildman–Crippen MR) is 59.2 cm³/mol. The van der Waals surface area contributed by atoms with Crippen molar-refractivity contribution in [2.75, 3.05) is 0 Å². The summed E-state index contributed by atoms with van der Waals surface area (Å²) in [4.78, 5) is 11.8. The van der Waals surface area contributed by atoms with Crippen LogP contribution in [0.2, 0.25) is 0 Å². The van der Waals surface area contributed by atoms with E-state index in [9.17, 15) is 4.79 Å². The predicted octanol–water partition coefficient (Wildman–Crippen LogP) is 0.195. The first kappa shape index (κ1) is 12.8. The molecule has 1 fully saturated rings. The topological polar surface area (TPSA) is 96.9 Å². The van der Waals surface area contributed by atoms with Crippen molar-refractivity contribution >= 4 is 11.7 Å². The maximum atomic E-state index is 11.8. The summed E-state index contributed by atoms with van der Waals surface area (Å²) >= 11 is 0. The summed E-state index contributed by atoms with van der Waals surface area (Å²) in [5.41, 5.74) is 4.60. The Hall–Kier alpha value is -1.30. The minimum Gasteiger partial charge on any atom is -0.409 e. The molecule has 6 heteroatoms. The molecule has 0 saturated carbocycles. The fourth-order valence-corrected chi connectivity index (χ4v) is 1.57. The second-order valence-corrected chi connectivity index (χ2v) is 4.61. The molecule has 1 saturated heterocycles. The Kier molecular flexibility index (Phi) is 3.74. The lowest BCUT2D eigenvalue weighted by molar-refractivity contribution is -0.132. The standard InChI is InChI=1S/C10H19N3O3/c1-6-4-5-7(16-6)8(14)12-10(2,3)9(11)13-15/h6-7,15H,4-5H2,1-3H3,(H2,11,13)(H,12,14). The van der Waals surface area contributed by atoms with Crippen LogP contribution >= 0.6 is 0 Å². The zero-order valence-electron chi connectivity index (χ0n) is 9.86. The summed E-state index contributed by atoms with van der Waals surface area (Å²) in [5.74, 6) is -0.257. The van der Waals surface area contributed by atoms with E-state index < -0.39 is 11.6 Å². The van der Waals surface area contributed by atoms with Gasteiger partial charge in [0.1, 0.15) is 6.10 Å². The Labute approximate surface area is 94.8 Å². The molecule has 2 unspecified atom stereocenters. The summed E-state index contributed by atoms with van der Waals surface area (Å²) in [7, 11) is 0. The second kappa shape index (κ2) is 4.69. The van der Waals surface area contributed by atoms with Gasteiger partial charge in [0, 0.05) is 0 Å². The average molecular weight is 229 g/mol. The van der Waals surface area contributed by atoms with E-state index >= 15 is 0 Å². The van der Waals surface area contributed by atoms with Gasteiger partial charge in [0.25, 0.3) is 0 Å². The van der Waals surface area contributed by atoms with Gasteiger partial charge in [-0.15, -0.1) is 0 Å². The van der Waals surface area contributed by atoms with Crippen LogP contribution < -0.4 is 11.1 Å². The van der Waals surface area contributed by atoms with Gasteiger partial charge in [-0.1, -0.05) is 5.16 Å². The lowest BCUT2D eigenvalue weighted by atomic mass is 10.0. The molecule has 0 aliphatic carbocycles. The smallest absolute Gasteiger partial charge is 0.249 e. The van der Waals surface area contributed by atoms with Gasteiger partial charge in [0.15, 0.2) is 5.84 Å². The molecule has 0 radical (unpaired) electrons. The maximum absolute atomic E-state index is 11.8. The van der Waals surface area contributed by atoms with E-state index in [4.69, 9.17) is 15.7 Å². The highest BCUT2D eigenvalue weighted by atomic mass is 16.5. The van der Waals surface area contributed by atoms with Crippen molar-refractivity contribution in [3.05, 3.63) is 0 Å². The summed E-state index contributed by atoms with van der Waals surface area (Å²) < 4.78 is 5.43. The van der Waals surface area contributed by atoms with E-state index in [1.165, 1.54) is 0 Å². The van der Waals surface area contributed by atoms with Crippen molar-refractivity contribution in [2.45, 2.75) is 51.4 Å². The van der Waals surface area contributed by atoms with Crippen LogP contribution in [-0.2, 0) is 9.53 Å². The SMILES string of the molecule is CC1CCC(C(=O)NC(C)(C)C(N)=NO)O1. The highest BCUT2D eigenvalue weighted by Crippen LogP contribution is 2.19. The number of oxime groups is 1. The molecule has 2 atom stereocenters. The lowest BCUT2D eigenvalue weighted by Crippen LogP contribution is -2.55. The van der Waals surface area contributed by atoms with Crippen LogP contribution in [0.1, 0.15) is 33.6 Å². The number of carbonyl (C=O) groups is 1. The van der Waals surface area contributed by atoms with Gasteiger partial charge < -0.3 is 21.0 Å². The first-order chi connectivity index (χ1) is 7.36. The summed E-state index contributed by atoms with van der Waals surface area (Å²) in [6.07, 6.45) is 1.27. The van der Waals surface area contributed by atoms with Crippen molar-refractivity contribution in [3.8, 4) is 0 Å². The number of nitrogens with zero attached hydrogens (tertiary/aromatic N) is 1. The molecule has 0 bridgehead atoms. The average Bonchev–Trinajstić information content (AvgIpc) is 2.63. The van der Waals surface area contributed by atoms with Crippen LogP contribution in [0.25, 0.3) is 0 Å². The monoisotopic (exact) mass is 229 g/mol. The lowest BCUT2D eigenvalue weighted by Gasteiger charge is -2.26. The Bertz CT molecular complexity index is 302. The Morgan fingerprint density at radius 3 is 2.62 bits per heavy atom. The van der Waals surface area contributed by atoms with Gasteiger partial charge in [-0.3, -0.25) is 4.79 Å². The molecule has 0 aromatic carbocycles. The molecule has 0 aromatic heterocycles. The van der Waals surface area contributed by atoms with Crippen molar-refractivity contribution in [3.63, 3.8) is 0 Å². The van der Waals surface area contributed by atoms with Crippen LogP contribution in [0.4, 0.5) is 0 Å². The van der Waals surface area contributed by atoms with Crippen molar-refractivity contribution < 1.29 is 14.7 Å². The van der Waals surface area contributed by atoms with E-state index in [0.29, 0.717) is 6.42 Å². The first-order valence-corrected chi connectivity index (χ1v) is 5.32. The van der Waals surface area contributed by atoms with E-state index in [1.54, 1.807) is 13.8 Å². The summed E-state index contributed by atoms with van der Waals surface area (Å²) in [6, 6.07) is 0. The van der Waals surface area contributed by atoms with Gasteiger partial charge in [-0.2, -0.15) is 0 Å². The quantitative estimate of drug-likeness (QED) is 0.278. The molecule has 0 aromatic rings. The highest BCUT2D eigenvalue weighted by molar-refractivity contribution is 5.94. The van der Waals surface area contributed by atoms with E-state index in [1.807, 2.05) is 6.92 Å². The van der Waals surface area contributed by atoms with Crippen molar-refractivity contribution in [1.82, 2.24) is 5.32 Å². The molecule has 1 rings (SSSR count).